The molecule has 0 saturated carbocycles. The first-order valence-corrected chi connectivity index (χ1v) is 16.8. The van der Waals surface area contributed by atoms with E-state index in [0.717, 1.165) is 67.7 Å². The first-order chi connectivity index (χ1) is 24.8. The van der Waals surface area contributed by atoms with E-state index in [0.29, 0.717) is 5.82 Å². The fraction of sp³-hybridized carbons (Fsp3) is 0. The number of fused-ring (bicyclic) bond motifs is 8. The lowest BCUT2D eigenvalue weighted by molar-refractivity contribution is 1.05. The molecule has 5 heteroatoms. The summed E-state index contributed by atoms with van der Waals surface area (Å²) in [5, 5.41) is 2.40. The van der Waals surface area contributed by atoms with Gasteiger partial charge in [0.15, 0.2) is 5.82 Å². The van der Waals surface area contributed by atoms with Crippen LogP contribution in [-0.2, 0) is 0 Å². The molecule has 0 bridgehead atoms. The molecule has 2 aromatic heterocycles. The Morgan fingerprint density at radius 2 is 1.00 bits per heavy atom. The number of nitrogens with zero attached hydrogens (tertiary/aromatic N) is 5. The minimum atomic E-state index is 0.700. The monoisotopic (exact) mass is 639 g/mol. The van der Waals surface area contributed by atoms with Gasteiger partial charge in [-0.3, -0.25) is 9.47 Å². The van der Waals surface area contributed by atoms with Crippen molar-refractivity contribution < 1.29 is 0 Å². The van der Waals surface area contributed by atoms with E-state index in [1.807, 2.05) is 36.4 Å². The number of hydrogen-bond donors (Lipinski definition) is 0. The topological polar surface area (TPSA) is 46.8 Å². The molecule has 9 aromatic rings. The normalized spacial score (nSPS) is 12.0. The highest BCUT2D eigenvalue weighted by Gasteiger charge is 2.29. The Morgan fingerprint density at radius 1 is 0.400 bits per heavy atom. The lowest BCUT2D eigenvalue weighted by atomic mass is 9.97. The van der Waals surface area contributed by atoms with Gasteiger partial charge in [-0.2, -0.15) is 0 Å². The average Bonchev–Trinajstić information content (AvgIpc) is 3.52. The van der Waals surface area contributed by atoms with E-state index in [-0.39, 0.29) is 0 Å². The number of benzene rings is 7. The van der Waals surface area contributed by atoms with Gasteiger partial charge >= 0.3 is 0 Å². The molecule has 7 aromatic carbocycles. The summed E-state index contributed by atoms with van der Waals surface area (Å²) in [5.74, 6) is 1.55. The molecule has 10 rings (SSSR count). The van der Waals surface area contributed by atoms with Crippen LogP contribution < -0.4 is 4.90 Å². The van der Waals surface area contributed by atoms with Crippen LogP contribution in [0.3, 0.4) is 0 Å². The Balaban J connectivity index is 1.16. The molecule has 234 valence electrons. The average molecular weight is 640 g/mol. The van der Waals surface area contributed by atoms with Crippen molar-refractivity contribution >= 4 is 39.1 Å². The second-order valence-electron chi connectivity index (χ2n) is 12.5. The molecule has 0 atom stereocenters. The highest BCUT2D eigenvalue weighted by molar-refractivity contribution is 6.01. The van der Waals surface area contributed by atoms with Crippen LogP contribution in [0, 0.1) is 0 Å². The smallest absolute Gasteiger partial charge is 0.220 e. The lowest BCUT2D eigenvalue weighted by Crippen LogP contribution is -2.14. The highest BCUT2D eigenvalue weighted by atomic mass is 15.3. The molecule has 0 N–H and O–H groups in total. The van der Waals surface area contributed by atoms with Gasteiger partial charge < -0.3 is 0 Å². The Kier molecular flexibility index (Phi) is 6.42. The largest absolute Gasteiger partial charge is 0.280 e. The van der Waals surface area contributed by atoms with E-state index in [4.69, 9.17) is 15.0 Å². The van der Waals surface area contributed by atoms with Crippen LogP contribution in [0.1, 0.15) is 0 Å². The predicted molar refractivity (Wildman–Crippen MR) is 204 cm³/mol. The van der Waals surface area contributed by atoms with Crippen LogP contribution >= 0.6 is 0 Å². The van der Waals surface area contributed by atoms with Crippen LogP contribution in [0.4, 0.5) is 17.3 Å². The molecule has 0 aliphatic carbocycles. The molecule has 0 amide bonds. The number of para-hydroxylation sites is 3. The third kappa shape index (κ3) is 4.60. The number of rotatable bonds is 4. The van der Waals surface area contributed by atoms with Gasteiger partial charge in [-0.05, 0) is 59.3 Å². The fourth-order valence-corrected chi connectivity index (χ4v) is 7.14. The van der Waals surface area contributed by atoms with Crippen molar-refractivity contribution in [3.8, 4) is 50.7 Å². The molecule has 0 fully saturated rings. The second-order valence-corrected chi connectivity index (χ2v) is 12.5. The Morgan fingerprint density at radius 3 is 1.76 bits per heavy atom. The Hall–Kier alpha value is -6.85. The second kappa shape index (κ2) is 11.4. The molecular weight excluding hydrogens is 611 g/mol. The van der Waals surface area contributed by atoms with Gasteiger partial charge in [0, 0.05) is 33.5 Å². The number of aromatic nitrogens is 4. The lowest BCUT2D eigenvalue weighted by Gasteiger charge is -2.24. The van der Waals surface area contributed by atoms with Crippen molar-refractivity contribution in [1.29, 1.82) is 0 Å². The van der Waals surface area contributed by atoms with Crippen LogP contribution in [-0.4, -0.2) is 19.5 Å². The number of anilines is 3. The van der Waals surface area contributed by atoms with Gasteiger partial charge in [-0.25, -0.2) is 15.0 Å². The van der Waals surface area contributed by atoms with Crippen LogP contribution in [0.2, 0.25) is 0 Å². The molecule has 3 heterocycles. The predicted octanol–water partition coefficient (Wildman–Crippen LogP) is 11.4. The Bertz CT molecular complexity index is 2640. The van der Waals surface area contributed by atoms with Crippen molar-refractivity contribution in [3.05, 3.63) is 176 Å². The van der Waals surface area contributed by atoms with Crippen molar-refractivity contribution in [1.82, 2.24) is 19.5 Å². The van der Waals surface area contributed by atoms with Gasteiger partial charge in [0.1, 0.15) is 0 Å². The zero-order chi connectivity index (χ0) is 33.0. The summed E-state index contributed by atoms with van der Waals surface area (Å²) in [4.78, 5) is 17.6. The zero-order valence-corrected chi connectivity index (χ0v) is 27.0. The van der Waals surface area contributed by atoms with Gasteiger partial charge in [0.2, 0.25) is 5.95 Å². The Labute approximate surface area is 289 Å². The maximum Gasteiger partial charge on any atom is 0.220 e. The summed E-state index contributed by atoms with van der Waals surface area (Å²) in [6.45, 7) is 0. The summed E-state index contributed by atoms with van der Waals surface area (Å²) in [6.07, 6.45) is 0. The first-order valence-electron chi connectivity index (χ1n) is 16.8. The summed E-state index contributed by atoms with van der Waals surface area (Å²) >= 11 is 0. The first kappa shape index (κ1) is 28.2. The van der Waals surface area contributed by atoms with Crippen molar-refractivity contribution in [2.45, 2.75) is 0 Å². The fourth-order valence-electron chi connectivity index (χ4n) is 7.14. The molecule has 1 aliphatic rings. The van der Waals surface area contributed by atoms with E-state index < -0.39 is 0 Å². The van der Waals surface area contributed by atoms with E-state index >= 15 is 0 Å². The molecule has 0 saturated heterocycles. The van der Waals surface area contributed by atoms with Crippen LogP contribution in [0.5, 0.6) is 0 Å². The molecule has 1 aliphatic heterocycles. The van der Waals surface area contributed by atoms with Gasteiger partial charge in [-0.1, -0.05) is 127 Å². The SMILES string of the molecule is c1ccc(-c2cc(-c3ccc(N4c5ccccc5-c5cc6ccccc6cc5-n5c4nc4ccccc45)cc3)nc(-c3ccccc3)n2)cc1. The van der Waals surface area contributed by atoms with Crippen molar-refractivity contribution in [2.24, 2.45) is 0 Å². The third-order valence-corrected chi connectivity index (χ3v) is 9.53. The molecule has 0 unspecified atom stereocenters. The van der Waals surface area contributed by atoms with E-state index in [9.17, 15) is 0 Å². The molecule has 0 spiro atoms. The summed E-state index contributed by atoms with van der Waals surface area (Å²) in [7, 11) is 0. The molecule has 50 heavy (non-hydrogen) atoms. The van der Waals surface area contributed by atoms with Gasteiger partial charge in [0.25, 0.3) is 0 Å². The van der Waals surface area contributed by atoms with Crippen LogP contribution in [0.15, 0.2) is 176 Å². The summed E-state index contributed by atoms with van der Waals surface area (Å²) < 4.78 is 2.31. The summed E-state index contributed by atoms with van der Waals surface area (Å²) in [5.41, 5.74) is 12.3. The highest BCUT2D eigenvalue weighted by Crippen LogP contribution is 2.48. The maximum atomic E-state index is 5.29. The number of hydrogen-bond acceptors (Lipinski definition) is 4. The van der Waals surface area contributed by atoms with E-state index in [1.54, 1.807) is 0 Å². The molecular formula is C45H29N5. The van der Waals surface area contributed by atoms with Gasteiger partial charge in [0.05, 0.1) is 33.8 Å². The minimum Gasteiger partial charge on any atom is -0.280 e. The van der Waals surface area contributed by atoms with Gasteiger partial charge in [-0.15, -0.1) is 0 Å². The number of imidazole rings is 1. The zero-order valence-electron chi connectivity index (χ0n) is 27.0. The van der Waals surface area contributed by atoms with Crippen molar-refractivity contribution in [2.75, 3.05) is 4.90 Å². The van der Waals surface area contributed by atoms with E-state index in [1.165, 1.54) is 16.3 Å². The minimum absolute atomic E-state index is 0.700. The quantitative estimate of drug-likeness (QED) is 0.192. The molecule has 0 radical (unpaired) electrons. The van der Waals surface area contributed by atoms with Crippen LogP contribution in [0.25, 0.3) is 72.5 Å². The van der Waals surface area contributed by atoms with Crippen molar-refractivity contribution in [3.63, 3.8) is 0 Å². The summed E-state index contributed by atoms with van der Waals surface area (Å²) in [6, 6.07) is 61.4. The maximum absolute atomic E-state index is 5.29. The van der Waals surface area contributed by atoms with E-state index in [2.05, 4.69) is 149 Å². The molecule has 5 nitrogen and oxygen atoms in total. The third-order valence-electron chi connectivity index (χ3n) is 9.53. The standard InChI is InChI=1S/C45H29N5/c1-3-13-30(14-4-1)39-29-40(47-44(46-39)32-15-5-2-6-16-32)31-23-25-35(26-24-31)49-41-21-11-9-19-36(41)37-27-33-17-7-8-18-34(33)28-43(37)50-42-22-12-10-20-38(42)48-45(49)50/h1-29H.